The van der Waals surface area contributed by atoms with E-state index >= 15 is 0 Å². The van der Waals surface area contributed by atoms with Gasteiger partial charge >= 0.3 is 0 Å². The second kappa shape index (κ2) is 8.37. The lowest BCUT2D eigenvalue weighted by molar-refractivity contribution is -0.116. The first-order valence-electron chi connectivity index (χ1n) is 7.94. The molecule has 27 heavy (non-hydrogen) atoms. The van der Waals surface area contributed by atoms with Gasteiger partial charge in [0.05, 0.1) is 24.7 Å². The van der Waals surface area contributed by atoms with Crippen LogP contribution in [0.5, 0.6) is 5.75 Å². The number of carbonyl (C=O) groups excluding carboxylic acids is 1. The lowest BCUT2D eigenvalue weighted by Gasteiger charge is -2.28. The molecular weight excluding hydrogens is 411 g/mol. The van der Waals surface area contributed by atoms with Gasteiger partial charge in [0.15, 0.2) is 0 Å². The fourth-order valence-corrected chi connectivity index (χ4v) is 4.06. The van der Waals surface area contributed by atoms with E-state index in [1.54, 1.807) is 31.2 Å². The van der Waals surface area contributed by atoms with E-state index < -0.39 is 22.0 Å². The van der Waals surface area contributed by atoms with Crippen molar-refractivity contribution < 1.29 is 17.9 Å². The standard InChI is InChI=1S/C18H20Cl2N2O4S/c1-11-5-7-14(10-15(11)20)22(27(4,24)25)12(2)18(23)21-16-9-13(19)6-8-17(16)26-3/h5-10,12H,1-4H3,(H,21,23)/t12-/m1/s1. The molecule has 0 saturated heterocycles. The van der Waals surface area contributed by atoms with E-state index in [2.05, 4.69) is 5.32 Å². The minimum atomic E-state index is -3.75. The number of halogens is 2. The number of hydrogen-bond acceptors (Lipinski definition) is 4. The number of nitrogens with one attached hydrogen (secondary N) is 1. The summed E-state index contributed by atoms with van der Waals surface area (Å²) in [4.78, 5) is 12.8. The van der Waals surface area contributed by atoms with Crippen molar-refractivity contribution in [2.75, 3.05) is 23.0 Å². The molecule has 0 aliphatic heterocycles. The molecule has 0 aromatic heterocycles. The lowest BCUT2D eigenvalue weighted by atomic mass is 10.2. The van der Waals surface area contributed by atoms with Gasteiger partial charge in [0, 0.05) is 10.0 Å². The number of carbonyl (C=O) groups is 1. The highest BCUT2D eigenvalue weighted by Gasteiger charge is 2.30. The van der Waals surface area contributed by atoms with Crippen LogP contribution < -0.4 is 14.4 Å². The van der Waals surface area contributed by atoms with Gasteiger partial charge in [-0.25, -0.2) is 8.42 Å². The Labute approximate surface area is 169 Å². The zero-order chi connectivity index (χ0) is 20.4. The summed E-state index contributed by atoms with van der Waals surface area (Å²) < 4.78 is 30.9. The molecule has 0 aliphatic carbocycles. The molecule has 9 heteroatoms. The molecule has 2 aromatic carbocycles. The first-order valence-corrected chi connectivity index (χ1v) is 10.5. The Kier molecular flexibility index (Phi) is 6.62. The van der Waals surface area contributed by atoms with Gasteiger partial charge in [-0.3, -0.25) is 9.10 Å². The SMILES string of the molecule is COc1ccc(Cl)cc1NC(=O)[C@@H](C)N(c1ccc(C)c(Cl)c1)S(C)(=O)=O. The second-order valence-electron chi connectivity index (χ2n) is 6.00. The Hall–Kier alpha value is -1.96. The van der Waals surface area contributed by atoms with Crippen LogP contribution in [0.25, 0.3) is 0 Å². The normalized spacial score (nSPS) is 12.4. The van der Waals surface area contributed by atoms with E-state index in [1.165, 1.54) is 26.2 Å². The molecular formula is C18H20Cl2N2O4S. The Morgan fingerprint density at radius 3 is 2.41 bits per heavy atom. The van der Waals surface area contributed by atoms with Gasteiger partial charge in [-0.15, -0.1) is 0 Å². The maximum Gasteiger partial charge on any atom is 0.248 e. The van der Waals surface area contributed by atoms with E-state index in [1.807, 2.05) is 0 Å². The van der Waals surface area contributed by atoms with Crippen molar-refractivity contribution in [1.82, 2.24) is 0 Å². The molecule has 0 bridgehead atoms. The monoisotopic (exact) mass is 430 g/mol. The summed E-state index contributed by atoms with van der Waals surface area (Å²) in [6.45, 7) is 3.29. The van der Waals surface area contributed by atoms with E-state index in [-0.39, 0.29) is 0 Å². The van der Waals surface area contributed by atoms with Crippen molar-refractivity contribution in [2.24, 2.45) is 0 Å². The molecule has 1 atom stereocenters. The third kappa shape index (κ3) is 5.06. The number of rotatable bonds is 6. The first-order chi connectivity index (χ1) is 12.5. The zero-order valence-electron chi connectivity index (χ0n) is 15.3. The number of methoxy groups -OCH3 is 1. The van der Waals surface area contributed by atoms with Crippen molar-refractivity contribution in [3.63, 3.8) is 0 Å². The number of hydrogen-bond donors (Lipinski definition) is 1. The van der Waals surface area contributed by atoms with Crippen molar-refractivity contribution in [3.8, 4) is 5.75 Å². The number of anilines is 2. The molecule has 0 fully saturated rings. The third-order valence-electron chi connectivity index (χ3n) is 3.92. The molecule has 2 aromatic rings. The highest BCUT2D eigenvalue weighted by molar-refractivity contribution is 7.92. The summed E-state index contributed by atoms with van der Waals surface area (Å²) in [6, 6.07) is 8.53. The van der Waals surface area contributed by atoms with Crippen molar-refractivity contribution in [2.45, 2.75) is 19.9 Å². The summed E-state index contributed by atoms with van der Waals surface area (Å²) in [6.07, 6.45) is 1.03. The minimum absolute atomic E-state index is 0.300. The van der Waals surface area contributed by atoms with Gasteiger partial charge in [-0.2, -0.15) is 0 Å². The van der Waals surface area contributed by atoms with E-state index in [0.717, 1.165) is 16.1 Å². The second-order valence-corrected chi connectivity index (χ2v) is 8.71. The molecule has 0 unspecified atom stereocenters. The van der Waals surface area contributed by atoms with Crippen LogP contribution >= 0.6 is 23.2 Å². The fraction of sp³-hybridized carbons (Fsp3) is 0.278. The van der Waals surface area contributed by atoms with Crippen LogP contribution in [0.3, 0.4) is 0 Å². The predicted octanol–water partition coefficient (Wildman–Crippen LogP) is 4.10. The smallest absolute Gasteiger partial charge is 0.248 e. The van der Waals surface area contributed by atoms with Gasteiger partial charge in [-0.1, -0.05) is 29.3 Å². The number of ether oxygens (including phenoxy) is 1. The third-order valence-corrected chi connectivity index (χ3v) is 5.80. The summed E-state index contributed by atoms with van der Waals surface area (Å²) in [5.74, 6) is -0.137. The van der Waals surface area contributed by atoms with Crippen LogP contribution in [-0.4, -0.2) is 33.7 Å². The Morgan fingerprint density at radius 2 is 1.85 bits per heavy atom. The molecule has 1 amide bonds. The van der Waals surface area contributed by atoms with Crippen molar-refractivity contribution in [1.29, 1.82) is 0 Å². The van der Waals surface area contributed by atoms with Gasteiger partial charge in [0.25, 0.3) is 0 Å². The number of benzene rings is 2. The average Bonchev–Trinajstić information content (AvgIpc) is 2.57. The number of sulfonamides is 1. The number of aryl methyl sites for hydroxylation is 1. The van der Waals surface area contributed by atoms with Crippen LogP contribution in [0.15, 0.2) is 36.4 Å². The van der Waals surface area contributed by atoms with Gasteiger partial charge in [0.1, 0.15) is 11.8 Å². The minimum Gasteiger partial charge on any atom is -0.495 e. The molecule has 1 N–H and O–H groups in total. The first kappa shape index (κ1) is 21.3. The van der Waals surface area contributed by atoms with Crippen molar-refractivity contribution >= 4 is 50.5 Å². The molecule has 146 valence electrons. The summed E-state index contributed by atoms with van der Waals surface area (Å²) in [5.41, 5.74) is 1.45. The quantitative estimate of drug-likeness (QED) is 0.747. The van der Waals surface area contributed by atoms with E-state index in [4.69, 9.17) is 27.9 Å². The van der Waals surface area contributed by atoms with Crippen LogP contribution in [0, 0.1) is 6.92 Å². The average molecular weight is 431 g/mol. The van der Waals surface area contributed by atoms with Crippen molar-refractivity contribution in [3.05, 3.63) is 52.0 Å². The molecule has 0 spiro atoms. The van der Waals surface area contributed by atoms with Crippen LogP contribution in [0.1, 0.15) is 12.5 Å². The Bertz CT molecular complexity index is 964. The van der Waals surface area contributed by atoms with Gasteiger partial charge in [0.2, 0.25) is 15.9 Å². The van der Waals surface area contributed by atoms with E-state index in [9.17, 15) is 13.2 Å². The molecule has 6 nitrogen and oxygen atoms in total. The highest BCUT2D eigenvalue weighted by atomic mass is 35.5. The van der Waals surface area contributed by atoms with Gasteiger partial charge in [-0.05, 0) is 49.7 Å². The lowest BCUT2D eigenvalue weighted by Crippen LogP contribution is -2.45. The maximum atomic E-state index is 12.8. The summed E-state index contributed by atoms with van der Waals surface area (Å²) in [7, 11) is -2.29. The van der Waals surface area contributed by atoms with E-state index in [0.29, 0.717) is 27.2 Å². The molecule has 2 rings (SSSR count). The predicted molar refractivity (Wildman–Crippen MR) is 110 cm³/mol. The van der Waals surface area contributed by atoms with Crippen LogP contribution in [-0.2, 0) is 14.8 Å². The Balaban J connectivity index is 2.38. The van der Waals surface area contributed by atoms with Crippen LogP contribution in [0.2, 0.25) is 10.0 Å². The summed E-state index contributed by atoms with van der Waals surface area (Å²) >= 11 is 12.1. The van der Waals surface area contributed by atoms with Gasteiger partial charge < -0.3 is 10.1 Å². The maximum absolute atomic E-state index is 12.8. The Morgan fingerprint density at radius 1 is 1.19 bits per heavy atom. The topological polar surface area (TPSA) is 75.7 Å². The largest absolute Gasteiger partial charge is 0.495 e. The molecule has 0 saturated carbocycles. The molecule has 0 aliphatic rings. The molecule has 0 radical (unpaired) electrons. The highest BCUT2D eigenvalue weighted by Crippen LogP contribution is 2.30. The summed E-state index contributed by atoms with van der Waals surface area (Å²) in [5, 5.41) is 3.48. The molecule has 0 heterocycles. The zero-order valence-corrected chi connectivity index (χ0v) is 17.6. The fourth-order valence-electron chi connectivity index (χ4n) is 2.54. The number of nitrogens with zero attached hydrogens (tertiary/aromatic N) is 1. The number of amides is 1. The van der Waals surface area contributed by atoms with Crippen LogP contribution in [0.4, 0.5) is 11.4 Å².